The minimum absolute atomic E-state index is 0.127. The number of carboxylic acids is 1. The molecular formula is C16H22N2O3. The highest BCUT2D eigenvalue weighted by Gasteiger charge is 2.32. The summed E-state index contributed by atoms with van der Waals surface area (Å²) >= 11 is 0. The van der Waals surface area contributed by atoms with Crippen LogP contribution in [0.3, 0.4) is 0 Å². The number of carbonyl (C=O) groups is 1. The molecule has 21 heavy (non-hydrogen) atoms. The van der Waals surface area contributed by atoms with Crippen LogP contribution < -0.4 is 5.32 Å². The minimum atomic E-state index is -0.898. The molecule has 5 heteroatoms. The van der Waals surface area contributed by atoms with E-state index in [0.717, 1.165) is 25.3 Å². The van der Waals surface area contributed by atoms with Gasteiger partial charge in [0.2, 0.25) is 0 Å². The highest BCUT2D eigenvalue weighted by molar-refractivity contribution is 5.94. The largest absolute Gasteiger partial charge is 0.478 e. The number of aryl methyl sites for hydroxylation is 1. The zero-order chi connectivity index (χ0) is 14.8. The zero-order valence-corrected chi connectivity index (χ0v) is 12.3. The molecule has 2 atom stereocenters. The summed E-state index contributed by atoms with van der Waals surface area (Å²) in [6.07, 6.45) is 2.62. The van der Waals surface area contributed by atoms with Crippen LogP contribution in [0.25, 0.3) is 0 Å². The third-order valence-electron chi connectivity index (χ3n) is 4.39. The molecule has 2 aliphatic rings. The molecule has 2 fully saturated rings. The molecule has 2 aliphatic heterocycles. The molecule has 5 nitrogen and oxygen atoms in total. The van der Waals surface area contributed by atoms with E-state index < -0.39 is 5.97 Å². The molecule has 1 aromatic rings. The molecule has 0 spiro atoms. The van der Waals surface area contributed by atoms with Crippen LogP contribution in [-0.2, 0) is 4.74 Å². The first-order chi connectivity index (χ1) is 10.1. The molecular weight excluding hydrogens is 268 g/mol. The molecule has 0 aromatic heterocycles. The van der Waals surface area contributed by atoms with E-state index in [-0.39, 0.29) is 6.10 Å². The number of anilines is 1. The summed E-state index contributed by atoms with van der Waals surface area (Å²) in [7, 11) is 0. The van der Waals surface area contributed by atoms with E-state index in [4.69, 9.17) is 4.74 Å². The molecule has 0 radical (unpaired) electrons. The van der Waals surface area contributed by atoms with Crippen molar-refractivity contribution in [2.45, 2.75) is 31.9 Å². The Hall–Kier alpha value is -1.59. The third kappa shape index (κ3) is 3.19. The molecule has 0 saturated carbocycles. The highest BCUT2D eigenvalue weighted by Crippen LogP contribution is 2.23. The van der Waals surface area contributed by atoms with Crippen molar-refractivity contribution in [2.75, 3.05) is 31.6 Å². The number of hydrogen-bond acceptors (Lipinski definition) is 4. The predicted octanol–water partition coefficient (Wildman–Crippen LogP) is 1.97. The second-order valence-electron chi connectivity index (χ2n) is 5.98. The van der Waals surface area contributed by atoms with Crippen molar-refractivity contribution in [3.63, 3.8) is 0 Å². The van der Waals surface area contributed by atoms with Crippen molar-refractivity contribution in [1.29, 1.82) is 0 Å². The van der Waals surface area contributed by atoms with Gasteiger partial charge in [-0.15, -0.1) is 0 Å². The quantitative estimate of drug-likeness (QED) is 0.887. The maximum absolute atomic E-state index is 11.3. The fourth-order valence-electron chi connectivity index (χ4n) is 3.22. The van der Waals surface area contributed by atoms with E-state index >= 15 is 0 Å². The normalized spacial score (nSPS) is 25.6. The van der Waals surface area contributed by atoms with Crippen molar-refractivity contribution >= 4 is 11.7 Å². The smallest absolute Gasteiger partial charge is 0.337 e. The zero-order valence-electron chi connectivity index (χ0n) is 12.3. The minimum Gasteiger partial charge on any atom is -0.478 e. The summed E-state index contributed by atoms with van der Waals surface area (Å²) in [6.45, 7) is 5.44. The first-order valence-corrected chi connectivity index (χ1v) is 7.57. The molecule has 3 rings (SSSR count). The topological polar surface area (TPSA) is 61.8 Å². The van der Waals surface area contributed by atoms with Crippen molar-refractivity contribution in [1.82, 2.24) is 4.90 Å². The number of carboxylic acid groups (broad SMARTS) is 1. The monoisotopic (exact) mass is 290 g/mol. The number of ether oxygens (including phenoxy) is 1. The summed E-state index contributed by atoms with van der Waals surface area (Å²) in [4.78, 5) is 13.8. The molecule has 0 bridgehead atoms. The summed E-state index contributed by atoms with van der Waals surface area (Å²) in [5, 5.41) is 12.5. The predicted molar refractivity (Wildman–Crippen MR) is 81.0 cm³/mol. The van der Waals surface area contributed by atoms with Gasteiger partial charge in [-0.2, -0.15) is 0 Å². The average Bonchev–Trinajstić information content (AvgIpc) is 2.93. The number of nitrogens with zero attached hydrogens (tertiary/aromatic N) is 1. The van der Waals surface area contributed by atoms with Gasteiger partial charge in [-0.1, -0.05) is 11.6 Å². The Morgan fingerprint density at radius 2 is 2.38 bits per heavy atom. The van der Waals surface area contributed by atoms with E-state index in [9.17, 15) is 9.90 Å². The lowest BCUT2D eigenvalue weighted by Crippen LogP contribution is -2.48. The summed E-state index contributed by atoms with van der Waals surface area (Å²) in [6, 6.07) is 6.05. The number of nitrogens with one attached hydrogen (secondary N) is 1. The van der Waals surface area contributed by atoms with Crippen LogP contribution in [0.2, 0.25) is 0 Å². The fourth-order valence-corrected chi connectivity index (χ4v) is 3.22. The lowest BCUT2D eigenvalue weighted by molar-refractivity contribution is -0.0415. The van der Waals surface area contributed by atoms with E-state index in [0.29, 0.717) is 23.8 Å². The van der Waals surface area contributed by atoms with Gasteiger partial charge >= 0.3 is 5.97 Å². The number of benzene rings is 1. The Morgan fingerprint density at radius 1 is 1.52 bits per heavy atom. The molecule has 0 aliphatic carbocycles. The number of fused-ring (bicyclic) bond motifs is 1. The Balaban J connectivity index is 1.61. The third-order valence-corrected chi connectivity index (χ3v) is 4.39. The Kier molecular flexibility index (Phi) is 4.12. The lowest BCUT2D eigenvalue weighted by atomic mass is 10.1. The van der Waals surface area contributed by atoms with Crippen molar-refractivity contribution in [3.8, 4) is 0 Å². The van der Waals surface area contributed by atoms with Crippen LogP contribution >= 0.6 is 0 Å². The summed E-state index contributed by atoms with van der Waals surface area (Å²) in [5.41, 5.74) is 1.94. The van der Waals surface area contributed by atoms with E-state index in [1.807, 2.05) is 19.1 Å². The van der Waals surface area contributed by atoms with Gasteiger partial charge in [0.1, 0.15) is 0 Å². The summed E-state index contributed by atoms with van der Waals surface area (Å²) in [5.74, 6) is -0.898. The summed E-state index contributed by atoms with van der Waals surface area (Å²) < 4.78 is 5.89. The highest BCUT2D eigenvalue weighted by atomic mass is 16.5. The number of hydrogen-bond donors (Lipinski definition) is 2. The van der Waals surface area contributed by atoms with Crippen LogP contribution in [0.1, 0.15) is 28.8 Å². The molecule has 2 unspecified atom stereocenters. The van der Waals surface area contributed by atoms with Crippen molar-refractivity contribution in [2.24, 2.45) is 0 Å². The SMILES string of the molecule is Cc1ccc(NCC2CN3CCCC3CO2)c(C(=O)O)c1. The van der Waals surface area contributed by atoms with Crippen LogP contribution in [-0.4, -0.2) is 54.4 Å². The molecule has 2 heterocycles. The Bertz CT molecular complexity index is 532. The van der Waals surface area contributed by atoms with Gasteiger partial charge in [-0.3, -0.25) is 4.90 Å². The molecule has 0 amide bonds. The van der Waals surface area contributed by atoms with Gasteiger partial charge in [-0.25, -0.2) is 4.79 Å². The number of morpholine rings is 1. The van der Waals surface area contributed by atoms with Gasteiger partial charge in [0, 0.05) is 24.8 Å². The molecule has 114 valence electrons. The van der Waals surface area contributed by atoms with Crippen LogP contribution in [0.4, 0.5) is 5.69 Å². The van der Waals surface area contributed by atoms with Crippen molar-refractivity contribution in [3.05, 3.63) is 29.3 Å². The fraction of sp³-hybridized carbons (Fsp3) is 0.562. The van der Waals surface area contributed by atoms with Gasteiger partial charge in [0.05, 0.1) is 18.3 Å². The van der Waals surface area contributed by atoms with Gasteiger partial charge in [0.25, 0.3) is 0 Å². The van der Waals surface area contributed by atoms with Gasteiger partial charge in [-0.05, 0) is 38.4 Å². The molecule has 2 N–H and O–H groups in total. The standard InChI is InChI=1S/C16H22N2O3/c1-11-4-5-15(14(7-11)16(19)20)17-8-13-9-18-6-2-3-12(18)10-21-13/h4-5,7,12-13,17H,2-3,6,8-10H2,1H3,(H,19,20). The second-order valence-corrected chi connectivity index (χ2v) is 5.98. The van der Waals surface area contributed by atoms with Gasteiger partial charge < -0.3 is 15.2 Å². The second kappa shape index (κ2) is 6.03. The Labute approximate surface area is 124 Å². The van der Waals surface area contributed by atoms with Crippen LogP contribution in [0.15, 0.2) is 18.2 Å². The van der Waals surface area contributed by atoms with Crippen molar-refractivity contribution < 1.29 is 14.6 Å². The molecule has 2 saturated heterocycles. The Morgan fingerprint density at radius 3 is 3.19 bits per heavy atom. The van der Waals surface area contributed by atoms with Crippen LogP contribution in [0, 0.1) is 6.92 Å². The number of aromatic carboxylic acids is 1. The van der Waals surface area contributed by atoms with E-state index in [2.05, 4.69) is 10.2 Å². The van der Waals surface area contributed by atoms with Gasteiger partial charge in [0.15, 0.2) is 0 Å². The first kappa shape index (κ1) is 14.4. The average molecular weight is 290 g/mol. The van der Waals surface area contributed by atoms with E-state index in [1.54, 1.807) is 6.07 Å². The maximum Gasteiger partial charge on any atom is 0.337 e. The van der Waals surface area contributed by atoms with Crippen LogP contribution in [0.5, 0.6) is 0 Å². The lowest BCUT2D eigenvalue weighted by Gasteiger charge is -2.35. The van der Waals surface area contributed by atoms with E-state index in [1.165, 1.54) is 12.8 Å². The number of rotatable bonds is 4. The maximum atomic E-state index is 11.3. The first-order valence-electron chi connectivity index (χ1n) is 7.57. The molecule has 1 aromatic carbocycles.